The molecule has 0 aliphatic carbocycles. The predicted molar refractivity (Wildman–Crippen MR) is 333 cm³/mol. The monoisotopic (exact) mass is 1180 g/mol. The molecule has 0 radical (unpaired) electrons. The van der Waals surface area contributed by atoms with Gasteiger partial charge in [-0.2, -0.15) is 13.2 Å². The van der Waals surface area contributed by atoms with Gasteiger partial charge in [0.25, 0.3) is 0 Å². The summed E-state index contributed by atoms with van der Waals surface area (Å²) in [5.74, 6) is 0.519. The van der Waals surface area contributed by atoms with Crippen LogP contribution in [-0.4, -0.2) is 69.4 Å². The molecular formula is C69H101F3N8O5. The molecule has 13 nitrogen and oxygen atoms in total. The van der Waals surface area contributed by atoms with Crippen LogP contribution < -0.4 is 11.5 Å². The van der Waals surface area contributed by atoms with Gasteiger partial charge < -0.3 is 48.3 Å². The van der Waals surface area contributed by atoms with Gasteiger partial charge in [-0.25, -0.2) is 0 Å². The zero-order valence-corrected chi connectivity index (χ0v) is 54.2. The van der Waals surface area contributed by atoms with Crippen LogP contribution in [0.4, 0.5) is 13.2 Å². The van der Waals surface area contributed by atoms with Crippen molar-refractivity contribution in [2.45, 2.75) is 258 Å². The third-order valence-corrected chi connectivity index (χ3v) is 19.2. The number of nitrogens with two attached hydrogens (primary N) is 2. The van der Waals surface area contributed by atoms with Crippen molar-refractivity contribution in [2.24, 2.45) is 29.2 Å². The van der Waals surface area contributed by atoms with Crippen molar-refractivity contribution in [1.29, 1.82) is 0 Å². The van der Waals surface area contributed by atoms with E-state index in [0.717, 1.165) is 83.5 Å². The van der Waals surface area contributed by atoms with Crippen molar-refractivity contribution in [3.63, 3.8) is 0 Å². The van der Waals surface area contributed by atoms with Crippen LogP contribution in [0, 0.1) is 93.9 Å². The highest BCUT2D eigenvalue weighted by Gasteiger charge is 2.37. The second kappa shape index (κ2) is 28.2. The topological polar surface area (TPSA) is 151 Å². The highest BCUT2D eigenvalue weighted by atomic mass is 19.4. The Balaban J connectivity index is 0.000000147. The maximum absolute atomic E-state index is 12.7. The van der Waals surface area contributed by atoms with Crippen LogP contribution in [0.15, 0.2) is 36.4 Å². The van der Waals surface area contributed by atoms with Crippen LogP contribution in [0.25, 0.3) is 0 Å². The molecule has 85 heavy (non-hydrogen) atoms. The van der Waals surface area contributed by atoms with Crippen molar-refractivity contribution < 1.29 is 37.0 Å². The van der Waals surface area contributed by atoms with Gasteiger partial charge in [0.15, 0.2) is 0 Å². The number of amides is 1. The van der Waals surface area contributed by atoms with Gasteiger partial charge in [-0.3, -0.25) is 14.4 Å². The lowest BCUT2D eigenvalue weighted by atomic mass is 9.93. The quantitative estimate of drug-likeness (QED) is 0.164. The number of halogens is 3. The SMILES string of the molecule is CC(=O)C1CCn2c(cc(C(F)(F)F)c2C)C1.CC(=O)OC1CCn2c(cc(C)c2C)C1.Cc1cc2n(c1C)CCC(C(N)=O)C2.Cc1cc2n(c1C)CCC(C)C2.Cc1cc2n(c1C)CCC(N)C2.Cc1cc2n(c1C)CCC(OC(C)C)C2. The molecule has 6 atom stereocenters. The number of nitrogens with zero attached hydrogens (tertiary/aromatic N) is 6. The van der Waals surface area contributed by atoms with E-state index in [1.54, 1.807) is 10.3 Å². The second-order valence-corrected chi connectivity index (χ2v) is 25.8. The number of carbonyl (C=O) groups is 3. The van der Waals surface area contributed by atoms with Crippen LogP contribution in [0.3, 0.4) is 0 Å². The maximum Gasteiger partial charge on any atom is 0.418 e. The third kappa shape index (κ3) is 16.3. The first-order chi connectivity index (χ1) is 39.9. The van der Waals surface area contributed by atoms with Crippen molar-refractivity contribution in [2.75, 3.05) is 0 Å². The molecule has 12 rings (SSSR count). The van der Waals surface area contributed by atoms with Gasteiger partial charge in [0.2, 0.25) is 5.91 Å². The minimum absolute atomic E-state index is 0.0381. The Kier molecular flexibility index (Phi) is 22.1. The first-order valence-electron chi connectivity index (χ1n) is 31.3. The number of ketones is 1. The van der Waals surface area contributed by atoms with Gasteiger partial charge in [0, 0.05) is 158 Å². The van der Waals surface area contributed by atoms with Gasteiger partial charge in [-0.15, -0.1) is 0 Å². The van der Waals surface area contributed by atoms with E-state index >= 15 is 0 Å². The van der Waals surface area contributed by atoms with Crippen LogP contribution in [-0.2, 0) is 108 Å². The van der Waals surface area contributed by atoms with Crippen LogP contribution in [0.2, 0.25) is 0 Å². The average molecular weight is 1180 g/mol. The molecular weight excluding hydrogens is 1080 g/mol. The first kappa shape index (κ1) is 66.5. The summed E-state index contributed by atoms with van der Waals surface area (Å²) >= 11 is 0. The van der Waals surface area contributed by atoms with E-state index in [-0.39, 0.29) is 41.3 Å². The van der Waals surface area contributed by atoms with E-state index in [0.29, 0.717) is 43.3 Å². The molecule has 0 fully saturated rings. The van der Waals surface area contributed by atoms with Gasteiger partial charge in [-0.05, 0) is 218 Å². The Hall–Kier alpha value is -6.00. The Morgan fingerprint density at radius 1 is 0.482 bits per heavy atom. The van der Waals surface area contributed by atoms with E-state index in [1.165, 1.54) is 125 Å². The summed E-state index contributed by atoms with van der Waals surface area (Å²) < 4.78 is 62.9. The van der Waals surface area contributed by atoms with E-state index in [9.17, 15) is 27.6 Å². The summed E-state index contributed by atoms with van der Waals surface area (Å²) in [6.45, 7) is 38.6. The summed E-state index contributed by atoms with van der Waals surface area (Å²) in [7, 11) is 0. The molecule has 0 spiro atoms. The van der Waals surface area contributed by atoms with Crippen molar-refractivity contribution >= 4 is 17.7 Å². The number of Topliss-reactive ketones (excluding diaryl/α,β-unsaturated/α-hetero) is 1. The molecule has 6 unspecified atom stereocenters. The number of carbonyl (C=O) groups excluding carboxylic acids is 3. The molecule has 6 aromatic rings. The molecule has 0 aromatic carbocycles. The normalized spacial score (nSPS) is 20.9. The Labute approximate surface area is 505 Å². The highest BCUT2D eigenvalue weighted by Crippen LogP contribution is 2.37. The zero-order chi connectivity index (χ0) is 62.5. The van der Waals surface area contributed by atoms with Gasteiger partial charge >= 0.3 is 12.1 Å². The molecule has 4 N–H and O–H groups in total. The second-order valence-electron chi connectivity index (χ2n) is 25.8. The minimum atomic E-state index is -4.31. The predicted octanol–water partition coefficient (Wildman–Crippen LogP) is 13.0. The number of fused-ring (bicyclic) bond motifs is 6. The molecule has 16 heteroatoms. The molecule has 468 valence electrons. The smallest absolute Gasteiger partial charge is 0.418 e. The number of rotatable bonds is 5. The van der Waals surface area contributed by atoms with Crippen LogP contribution in [0.1, 0.15) is 175 Å². The number of hydrogen-bond donors (Lipinski definition) is 2. The number of aryl methyl sites for hydroxylation is 5. The number of aromatic nitrogens is 6. The summed E-state index contributed by atoms with van der Waals surface area (Å²) in [6, 6.07) is 12.9. The standard InChI is InChI=1S/C13H21NO.C12H14F3NO.C12H17NO2.C11H16N2O.C11H17N.C10H16N2/c1-9(2)15-13-5-6-14-11(4)10(3)7-12(14)8-13;1-7-11(12(13,14)15)6-10-5-9(8(2)17)3-4-16(7)10;1-8-6-11-7-12(15-10(3)14)4-5-13(11)9(8)2;1-7-5-10-6-9(11(12)14)3-4-13(10)8(7)2;1-8-4-5-12-10(3)9(2)7-11(12)6-8;1-7-5-10-6-9(11)3-4-12(10)8(7)2/h7,9,13H,5-6,8H2,1-4H3;6,9H,3-5H2,1-2H3;6,12H,4-5,7H2,1-3H3;5,9H,3-4,6H2,1-2H3,(H2,12,14);7-8H,4-6H2,1-3H3;5,9H,3-4,6,11H2,1-2H3. The number of esters is 1. The number of alkyl halides is 3. The lowest BCUT2D eigenvalue weighted by Crippen LogP contribution is -2.30. The largest absolute Gasteiger partial charge is 0.462 e. The Bertz CT molecular complexity index is 3240. The molecule has 12 heterocycles. The first-order valence-corrected chi connectivity index (χ1v) is 31.3. The van der Waals surface area contributed by atoms with Gasteiger partial charge in [0.05, 0.1) is 17.8 Å². The lowest BCUT2D eigenvalue weighted by Gasteiger charge is -2.27. The molecule has 1 amide bonds. The molecule has 0 saturated heterocycles. The number of primary amides is 1. The summed E-state index contributed by atoms with van der Waals surface area (Å²) in [5, 5.41) is 0. The Morgan fingerprint density at radius 3 is 1.27 bits per heavy atom. The maximum atomic E-state index is 12.7. The zero-order valence-electron chi connectivity index (χ0n) is 54.2. The minimum Gasteiger partial charge on any atom is -0.462 e. The summed E-state index contributed by atoms with van der Waals surface area (Å²) in [4.78, 5) is 33.2. The fourth-order valence-corrected chi connectivity index (χ4v) is 13.6. The van der Waals surface area contributed by atoms with Crippen LogP contribution in [0.5, 0.6) is 0 Å². The molecule has 6 aliphatic rings. The highest BCUT2D eigenvalue weighted by molar-refractivity contribution is 5.78. The van der Waals surface area contributed by atoms with E-state index < -0.39 is 11.7 Å². The fraction of sp³-hybridized carbons (Fsp3) is 0.609. The molecule has 0 saturated carbocycles. The van der Waals surface area contributed by atoms with E-state index in [4.69, 9.17) is 20.9 Å². The summed E-state index contributed by atoms with van der Waals surface area (Å²) in [5.41, 5.74) is 32.4. The molecule has 6 aromatic heterocycles. The van der Waals surface area contributed by atoms with Crippen molar-refractivity contribution in [3.8, 4) is 0 Å². The molecule has 6 aliphatic heterocycles. The van der Waals surface area contributed by atoms with Gasteiger partial charge in [-0.1, -0.05) is 6.92 Å². The van der Waals surface area contributed by atoms with Crippen LogP contribution >= 0.6 is 0 Å². The summed E-state index contributed by atoms with van der Waals surface area (Å²) in [6.07, 6.45) is 8.10. The Morgan fingerprint density at radius 2 is 0.835 bits per heavy atom. The van der Waals surface area contributed by atoms with Gasteiger partial charge in [0.1, 0.15) is 11.9 Å². The number of ether oxygens (including phenoxy) is 2. The van der Waals surface area contributed by atoms with E-state index in [1.807, 2.05) is 0 Å². The average Bonchev–Trinajstić information content (AvgIpc) is 3.02. The van der Waals surface area contributed by atoms with Crippen molar-refractivity contribution in [3.05, 3.63) is 138 Å². The number of hydrogen-bond acceptors (Lipinski definition) is 6. The lowest BCUT2D eigenvalue weighted by molar-refractivity contribution is -0.147. The fourth-order valence-electron chi connectivity index (χ4n) is 13.6. The van der Waals surface area contributed by atoms with Crippen molar-refractivity contribution in [1.82, 2.24) is 27.4 Å². The molecule has 0 bridgehead atoms. The third-order valence-electron chi connectivity index (χ3n) is 19.2. The van der Waals surface area contributed by atoms with E-state index in [2.05, 4.69) is 143 Å².